The van der Waals surface area contributed by atoms with Crippen LogP contribution in [0.3, 0.4) is 0 Å². The Morgan fingerprint density at radius 1 is 1.06 bits per heavy atom. The number of carbonyl (C=O) groups excluding carboxylic acids is 1. The summed E-state index contributed by atoms with van der Waals surface area (Å²) in [6.07, 6.45) is 2.44. The van der Waals surface area contributed by atoms with E-state index in [2.05, 4.69) is 25.6 Å². The molecule has 2 heterocycles. The summed E-state index contributed by atoms with van der Waals surface area (Å²) in [7, 11) is 0. The Hall–Kier alpha value is -4.21. The maximum atomic E-state index is 12.3. The van der Waals surface area contributed by atoms with Crippen LogP contribution in [0.25, 0.3) is 11.3 Å². The fourth-order valence-corrected chi connectivity index (χ4v) is 3.24. The molecule has 0 saturated carbocycles. The van der Waals surface area contributed by atoms with Crippen molar-refractivity contribution in [2.24, 2.45) is 0 Å². The lowest BCUT2D eigenvalue weighted by Crippen LogP contribution is -2.33. The lowest BCUT2D eigenvalue weighted by molar-refractivity contribution is 0.182. The molecule has 0 radical (unpaired) electrons. The van der Waals surface area contributed by atoms with Gasteiger partial charge < -0.3 is 30.6 Å². The second-order valence-electron chi connectivity index (χ2n) is 7.15. The monoisotopic (exact) mass is 445 g/mol. The van der Waals surface area contributed by atoms with Gasteiger partial charge in [-0.2, -0.15) is 0 Å². The molecule has 168 valence electrons. The standard InChI is InChI=1S/C24H23N5O4/c30-14-18-13-26-23(27-19-9-5-2-6-10-19)29-22(18)17-11-21(25-12-17)33-24(32)28-20(15-31)16-7-3-1-4-8-16/h1-13,20,25,30-31H,14-15H2,(H,28,32)(H,26,27,29). The van der Waals surface area contributed by atoms with Crippen LogP contribution in [-0.2, 0) is 6.61 Å². The van der Waals surface area contributed by atoms with Gasteiger partial charge in [0.25, 0.3) is 0 Å². The Kier molecular flexibility index (Phi) is 6.93. The summed E-state index contributed by atoms with van der Waals surface area (Å²) in [6, 6.07) is 19.6. The van der Waals surface area contributed by atoms with E-state index in [1.54, 1.807) is 30.6 Å². The van der Waals surface area contributed by atoms with Gasteiger partial charge in [-0.3, -0.25) is 0 Å². The number of benzene rings is 2. The van der Waals surface area contributed by atoms with Crippen LogP contribution in [-0.4, -0.2) is 37.9 Å². The molecule has 0 saturated heterocycles. The van der Waals surface area contributed by atoms with E-state index in [0.29, 0.717) is 22.8 Å². The van der Waals surface area contributed by atoms with Gasteiger partial charge in [-0.05, 0) is 17.7 Å². The van der Waals surface area contributed by atoms with Gasteiger partial charge in [-0.15, -0.1) is 0 Å². The molecule has 9 nitrogen and oxygen atoms in total. The molecule has 4 aromatic rings. The van der Waals surface area contributed by atoms with Gasteiger partial charge in [0.15, 0.2) is 0 Å². The molecule has 2 aromatic heterocycles. The molecule has 0 aliphatic heterocycles. The van der Waals surface area contributed by atoms with E-state index in [1.165, 1.54) is 0 Å². The van der Waals surface area contributed by atoms with Gasteiger partial charge in [0.2, 0.25) is 11.8 Å². The number of para-hydroxylation sites is 1. The summed E-state index contributed by atoms with van der Waals surface area (Å²) < 4.78 is 5.33. The number of anilines is 2. The van der Waals surface area contributed by atoms with Gasteiger partial charge in [0.05, 0.1) is 24.9 Å². The van der Waals surface area contributed by atoms with Crippen LogP contribution < -0.4 is 15.4 Å². The van der Waals surface area contributed by atoms with Crippen molar-refractivity contribution in [3.63, 3.8) is 0 Å². The molecule has 0 aliphatic rings. The average Bonchev–Trinajstić information content (AvgIpc) is 3.32. The minimum absolute atomic E-state index is 0.187. The van der Waals surface area contributed by atoms with E-state index in [4.69, 9.17) is 4.74 Å². The minimum Gasteiger partial charge on any atom is -0.394 e. The number of hydrogen-bond acceptors (Lipinski definition) is 7. The number of aromatic nitrogens is 3. The number of aliphatic hydroxyl groups excluding tert-OH is 2. The molecule has 0 aliphatic carbocycles. The lowest BCUT2D eigenvalue weighted by Gasteiger charge is -2.15. The number of rotatable bonds is 8. The molecular formula is C24H23N5O4. The van der Waals surface area contributed by atoms with Crippen molar-refractivity contribution >= 4 is 17.7 Å². The fraction of sp³-hybridized carbons (Fsp3) is 0.125. The van der Waals surface area contributed by atoms with E-state index in [9.17, 15) is 15.0 Å². The van der Waals surface area contributed by atoms with E-state index >= 15 is 0 Å². The first kappa shape index (κ1) is 22.0. The van der Waals surface area contributed by atoms with Crippen molar-refractivity contribution in [1.29, 1.82) is 0 Å². The molecule has 9 heteroatoms. The predicted octanol–water partition coefficient (Wildman–Crippen LogP) is 3.53. The van der Waals surface area contributed by atoms with Crippen molar-refractivity contribution in [2.45, 2.75) is 12.6 Å². The van der Waals surface area contributed by atoms with Gasteiger partial charge in [-0.25, -0.2) is 14.8 Å². The zero-order chi connectivity index (χ0) is 23.0. The van der Waals surface area contributed by atoms with E-state index in [1.807, 2.05) is 48.5 Å². The Labute approximate surface area is 190 Å². The number of ether oxygens (including phenoxy) is 1. The number of aromatic amines is 1. The third kappa shape index (κ3) is 5.53. The molecule has 1 unspecified atom stereocenters. The van der Waals surface area contributed by atoms with Crippen LogP contribution in [0.2, 0.25) is 0 Å². The van der Waals surface area contributed by atoms with Crippen molar-refractivity contribution in [2.75, 3.05) is 11.9 Å². The summed E-state index contributed by atoms with van der Waals surface area (Å²) in [6.45, 7) is -0.523. The minimum atomic E-state index is -0.720. The maximum Gasteiger partial charge on any atom is 0.414 e. The molecule has 0 fully saturated rings. The number of nitrogens with one attached hydrogen (secondary N) is 3. The van der Waals surface area contributed by atoms with Crippen LogP contribution in [0.5, 0.6) is 5.88 Å². The second kappa shape index (κ2) is 10.4. The van der Waals surface area contributed by atoms with Crippen LogP contribution >= 0.6 is 0 Å². The van der Waals surface area contributed by atoms with Crippen LogP contribution in [0.1, 0.15) is 17.2 Å². The molecular weight excluding hydrogens is 422 g/mol. The quantitative estimate of drug-likeness (QED) is 0.280. The third-order valence-electron chi connectivity index (χ3n) is 4.87. The summed E-state index contributed by atoms with van der Waals surface area (Å²) in [5.41, 5.74) is 3.22. The number of amides is 1. The number of aliphatic hydroxyl groups is 2. The van der Waals surface area contributed by atoms with Crippen LogP contribution in [0, 0.1) is 0 Å². The summed E-state index contributed by atoms with van der Waals surface area (Å²) in [5, 5.41) is 25.1. The molecule has 5 N–H and O–H groups in total. The predicted molar refractivity (Wildman–Crippen MR) is 123 cm³/mol. The zero-order valence-corrected chi connectivity index (χ0v) is 17.6. The Bertz CT molecular complexity index is 1200. The van der Waals surface area contributed by atoms with Crippen molar-refractivity contribution in [3.8, 4) is 17.1 Å². The highest BCUT2D eigenvalue weighted by atomic mass is 16.6. The Morgan fingerprint density at radius 3 is 2.48 bits per heavy atom. The molecule has 4 rings (SSSR count). The van der Waals surface area contributed by atoms with Gasteiger partial charge in [-0.1, -0.05) is 48.5 Å². The Morgan fingerprint density at radius 2 is 1.79 bits per heavy atom. The van der Waals surface area contributed by atoms with Crippen LogP contribution in [0.15, 0.2) is 79.1 Å². The normalized spacial score (nSPS) is 11.6. The molecule has 0 spiro atoms. The van der Waals surface area contributed by atoms with E-state index < -0.39 is 12.1 Å². The van der Waals surface area contributed by atoms with Gasteiger partial charge in [0, 0.05) is 35.3 Å². The smallest absolute Gasteiger partial charge is 0.394 e. The molecule has 1 atom stereocenters. The summed E-state index contributed by atoms with van der Waals surface area (Å²) >= 11 is 0. The lowest BCUT2D eigenvalue weighted by atomic mass is 10.1. The highest BCUT2D eigenvalue weighted by Crippen LogP contribution is 2.27. The SMILES string of the molecule is O=C(NC(CO)c1ccccc1)Oc1cc(-c2nc(Nc3ccccc3)ncc2CO)c[nH]1. The average molecular weight is 445 g/mol. The van der Waals surface area contributed by atoms with Crippen molar-refractivity contribution in [1.82, 2.24) is 20.3 Å². The van der Waals surface area contributed by atoms with Crippen LogP contribution in [0.4, 0.5) is 16.4 Å². The first-order valence-electron chi connectivity index (χ1n) is 10.3. The number of hydrogen-bond donors (Lipinski definition) is 5. The summed E-state index contributed by atoms with van der Waals surface area (Å²) in [5.74, 6) is 0.552. The number of nitrogens with zero attached hydrogens (tertiary/aromatic N) is 2. The summed E-state index contributed by atoms with van der Waals surface area (Å²) in [4.78, 5) is 24.0. The first-order chi connectivity index (χ1) is 16.2. The zero-order valence-electron chi connectivity index (χ0n) is 17.6. The highest BCUT2D eigenvalue weighted by molar-refractivity contribution is 5.72. The topological polar surface area (TPSA) is 132 Å². The largest absolute Gasteiger partial charge is 0.414 e. The molecule has 1 amide bonds. The molecule has 33 heavy (non-hydrogen) atoms. The van der Waals surface area contributed by atoms with E-state index in [-0.39, 0.29) is 19.1 Å². The number of H-pyrrole nitrogens is 1. The highest BCUT2D eigenvalue weighted by Gasteiger charge is 2.17. The Balaban J connectivity index is 1.48. The van der Waals surface area contributed by atoms with Crippen molar-refractivity contribution in [3.05, 3.63) is 90.3 Å². The fourth-order valence-electron chi connectivity index (χ4n) is 3.24. The second-order valence-corrected chi connectivity index (χ2v) is 7.15. The van der Waals surface area contributed by atoms with Gasteiger partial charge >= 0.3 is 6.09 Å². The molecule has 2 aromatic carbocycles. The molecule has 0 bridgehead atoms. The van der Waals surface area contributed by atoms with Crippen molar-refractivity contribution < 1.29 is 19.7 Å². The van der Waals surface area contributed by atoms with E-state index in [0.717, 1.165) is 11.3 Å². The van der Waals surface area contributed by atoms with Gasteiger partial charge in [0.1, 0.15) is 0 Å². The maximum absolute atomic E-state index is 12.3. The third-order valence-corrected chi connectivity index (χ3v) is 4.87. The first-order valence-corrected chi connectivity index (χ1v) is 10.3. The number of carbonyl (C=O) groups is 1.